The first-order valence-corrected chi connectivity index (χ1v) is 7.15. The van der Waals surface area contributed by atoms with E-state index in [1.54, 1.807) is 18.2 Å². The summed E-state index contributed by atoms with van der Waals surface area (Å²) in [6.45, 7) is 0. The Morgan fingerprint density at radius 3 is 2.25 bits per heavy atom. The van der Waals surface area contributed by atoms with Gasteiger partial charge in [0.05, 0.1) is 0 Å². The Balaban J connectivity index is 2.08. The summed E-state index contributed by atoms with van der Waals surface area (Å²) in [6, 6.07) is 6.40. The Morgan fingerprint density at radius 2 is 1.60 bits per heavy atom. The number of hydrogen-bond acceptors (Lipinski definition) is 4. The second-order valence-corrected chi connectivity index (χ2v) is 5.80. The predicted molar refractivity (Wildman–Crippen MR) is 72.6 cm³/mol. The summed E-state index contributed by atoms with van der Waals surface area (Å²) >= 11 is 0. The Labute approximate surface area is 117 Å². The van der Waals surface area contributed by atoms with Gasteiger partial charge in [0.15, 0.2) is 23.3 Å². The topological polar surface area (TPSA) is 74.6 Å². The van der Waals surface area contributed by atoms with Crippen LogP contribution in [0.5, 0.6) is 0 Å². The van der Waals surface area contributed by atoms with Gasteiger partial charge in [-0.25, -0.2) is 0 Å². The molecule has 1 aromatic carbocycles. The SMILES string of the molecule is O=C1c2ccccc2C(=O)[C@@](O)(C2CCCCC2)[C@@H]1O. The van der Waals surface area contributed by atoms with Crippen LogP contribution in [0.1, 0.15) is 52.8 Å². The molecule has 0 unspecified atom stereocenters. The minimum Gasteiger partial charge on any atom is -0.381 e. The lowest BCUT2D eigenvalue weighted by molar-refractivity contribution is -0.0803. The van der Waals surface area contributed by atoms with Gasteiger partial charge >= 0.3 is 0 Å². The molecule has 4 nitrogen and oxygen atoms in total. The number of aliphatic hydroxyl groups is 2. The van der Waals surface area contributed by atoms with Crippen molar-refractivity contribution in [2.75, 3.05) is 0 Å². The standard InChI is InChI=1S/C16H18O4/c17-13-11-8-4-5-9-12(11)14(18)16(20,15(13)19)10-6-2-1-3-7-10/h4-5,8-10,15,19-20H,1-3,6-7H2/t15-,16+/m1/s1. The van der Waals surface area contributed by atoms with Gasteiger partial charge < -0.3 is 10.2 Å². The summed E-state index contributed by atoms with van der Waals surface area (Å²) in [7, 11) is 0. The molecule has 0 bridgehead atoms. The molecule has 106 valence electrons. The van der Waals surface area contributed by atoms with Gasteiger partial charge in [0.1, 0.15) is 0 Å². The first-order chi connectivity index (χ1) is 9.56. The molecular weight excluding hydrogens is 256 g/mol. The maximum atomic E-state index is 12.6. The maximum absolute atomic E-state index is 12.6. The molecule has 0 amide bonds. The third kappa shape index (κ3) is 1.75. The summed E-state index contributed by atoms with van der Waals surface area (Å²) in [5.74, 6) is -1.39. The summed E-state index contributed by atoms with van der Waals surface area (Å²) in [6.07, 6.45) is 2.62. The smallest absolute Gasteiger partial charge is 0.198 e. The highest BCUT2D eigenvalue weighted by Gasteiger charge is 2.56. The second kappa shape index (κ2) is 4.79. The first kappa shape index (κ1) is 13.5. The molecule has 0 heterocycles. The third-order valence-corrected chi connectivity index (χ3v) is 4.69. The van der Waals surface area contributed by atoms with Crippen molar-refractivity contribution < 1.29 is 19.8 Å². The molecule has 20 heavy (non-hydrogen) atoms. The van der Waals surface area contributed by atoms with Crippen LogP contribution in [0.15, 0.2) is 24.3 Å². The minimum atomic E-state index is -1.95. The Hall–Kier alpha value is -1.52. The van der Waals surface area contributed by atoms with Crippen LogP contribution in [0.2, 0.25) is 0 Å². The zero-order chi connectivity index (χ0) is 14.3. The number of carbonyl (C=O) groups is 2. The highest BCUT2D eigenvalue weighted by Crippen LogP contribution is 2.40. The highest BCUT2D eigenvalue weighted by atomic mass is 16.4. The van der Waals surface area contributed by atoms with Crippen LogP contribution in [0.3, 0.4) is 0 Å². The molecule has 0 saturated heterocycles. The lowest BCUT2D eigenvalue weighted by Gasteiger charge is -2.42. The third-order valence-electron chi connectivity index (χ3n) is 4.69. The number of aliphatic hydroxyl groups excluding tert-OH is 1. The van der Waals surface area contributed by atoms with Crippen LogP contribution in [-0.4, -0.2) is 33.5 Å². The molecule has 0 aromatic heterocycles. The molecule has 1 fully saturated rings. The van der Waals surface area contributed by atoms with E-state index >= 15 is 0 Å². The molecule has 3 rings (SSSR count). The normalized spacial score (nSPS) is 31.2. The average Bonchev–Trinajstić information content (AvgIpc) is 2.51. The van der Waals surface area contributed by atoms with Crippen LogP contribution in [-0.2, 0) is 0 Å². The Kier molecular flexibility index (Phi) is 3.22. The molecule has 4 heteroatoms. The summed E-state index contributed by atoms with van der Waals surface area (Å²) < 4.78 is 0. The van der Waals surface area contributed by atoms with Crippen molar-refractivity contribution in [1.29, 1.82) is 0 Å². The van der Waals surface area contributed by atoms with Crippen LogP contribution in [0.4, 0.5) is 0 Å². The number of hydrogen-bond donors (Lipinski definition) is 2. The van der Waals surface area contributed by atoms with E-state index in [1.807, 2.05) is 0 Å². The quantitative estimate of drug-likeness (QED) is 0.818. The average molecular weight is 274 g/mol. The van der Waals surface area contributed by atoms with Gasteiger partial charge in [0.2, 0.25) is 0 Å². The van der Waals surface area contributed by atoms with Crippen LogP contribution in [0, 0.1) is 5.92 Å². The summed E-state index contributed by atoms with van der Waals surface area (Å²) in [5, 5.41) is 21.1. The highest BCUT2D eigenvalue weighted by molar-refractivity contribution is 6.20. The molecule has 2 aliphatic rings. The van der Waals surface area contributed by atoms with Gasteiger partial charge in [-0.3, -0.25) is 9.59 Å². The van der Waals surface area contributed by atoms with E-state index in [2.05, 4.69) is 0 Å². The number of ketones is 2. The van der Waals surface area contributed by atoms with Crippen molar-refractivity contribution in [2.24, 2.45) is 5.92 Å². The van der Waals surface area contributed by atoms with E-state index in [1.165, 1.54) is 6.07 Å². The van der Waals surface area contributed by atoms with Gasteiger partial charge in [0, 0.05) is 11.1 Å². The monoisotopic (exact) mass is 274 g/mol. The van der Waals surface area contributed by atoms with E-state index in [4.69, 9.17) is 0 Å². The van der Waals surface area contributed by atoms with Gasteiger partial charge in [-0.1, -0.05) is 43.5 Å². The number of Topliss-reactive ketones (excluding diaryl/α,β-unsaturated/α-hetero) is 2. The number of benzene rings is 1. The molecule has 0 radical (unpaired) electrons. The first-order valence-electron chi connectivity index (χ1n) is 7.15. The minimum absolute atomic E-state index is 0.213. The molecule has 2 N–H and O–H groups in total. The van der Waals surface area contributed by atoms with Crippen molar-refractivity contribution in [3.8, 4) is 0 Å². The fraction of sp³-hybridized carbons (Fsp3) is 0.500. The van der Waals surface area contributed by atoms with E-state index in [0.717, 1.165) is 19.3 Å². The number of carbonyl (C=O) groups excluding carboxylic acids is 2. The van der Waals surface area contributed by atoms with E-state index in [-0.39, 0.29) is 17.0 Å². The molecule has 0 spiro atoms. The maximum Gasteiger partial charge on any atom is 0.198 e. The summed E-state index contributed by atoms with van der Waals surface area (Å²) in [5.41, 5.74) is -1.51. The molecule has 2 atom stereocenters. The van der Waals surface area contributed by atoms with Crippen molar-refractivity contribution in [3.63, 3.8) is 0 Å². The molecule has 2 aliphatic carbocycles. The van der Waals surface area contributed by atoms with Crippen molar-refractivity contribution in [2.45, 2.75) is 43.8 Å². The van der Waals surface area contributed by atoms with Gasteiger partial charge in [-0.05, 0) is 18.8 Å². The van der Waals surface area contributed by atoms with Crippen molar-refractivity contribution >= 4 is 11.6 Å². The largest absolute Gasteiger partial charge is 0.381 e. The predicted octanol–water partition coefficient (Wildman–Crippen LogP) is 1.74. The lowest BCUT2D eigenvalue weighted by atomic mass is 9.66. The fourth-order valence-corrected chi connectivity index (χ4v) is 3.53. The fourth-order valence-electron chi connectivity index (χ4n) is 3.53. The molecular formula is C16H18O4. The van der Waals surface area contributed by atoms with Crippen LogP contribution in [0.25, 0.3) is 0 Å². The van der Waals surface area contributed by atoms with E-state index in [9.17, 15) is 19.8 Å². The van der Waals surface area contributed by atoms with Gasteiger partial charge in [0.25, 0.3) is 0 Å². The van der Waals surface area contributed by atoms with Crippen LogP contribution < -0.4 is 0 Å². The molecule has 1 aromatic rings. The van der Waals surface area contributed by atoms with Crippen LogP contribution >= 0.6 is 0 Å². The summed E-state index contributed by atoms with van der Waals surface area (Å²) in [4.78, 5) is 24.9. The number of rotatable bonds is 1. The van der Waals surface area contributed by atoms with Crippen molar-refractivity contribution in [1.82, 2.24) is 0 Å². The zero-order valence-electron chi connectivity index (χ0n) is 11.2. The van der Waals surface area contributed by atoms with Gasteiger partial charge in [-0.2, -0.15) is 0 Å². The molecule has 0 aliphatic heterocycles. The lowest BCUT2D eigenvalue weighted by Crippen LogP contribution is -2.61. The van der Waals surface area contributed by atoms with E-state index < -0.39 is 23.3 Å². The second-order valence-electron chi connectivity index (χ2n) is 5.80. The number of fused-ring (bicyclic) bond motifs is 1. The molecule has 1 saturated carbocycles. The Morgan fingerprint density at radius 1 is 1.00 bits per heavy atom. The Bertz CT molecular complexity index is 559. The van der Waals surface area contributed by atoms with Crippen molar-refractivity contribution in [3.05, 3.63) is 35.4 Å². The van der Waals surface area contributed by atoms with E-state index in [0.29, 0.717) is 12.8 Å². The van der Waals surface area contributed by atoms with Gasteiger partial charge in [-0.15, -0.1) is 0 Å². The zero-order valence-corrected chi connectivity index (χ0v) is 11.2.